The predicted molar refractivity (Wildman–Crippen MR) is 77.8 cm³/mol. The zero-order valence-corrected chi connectivity index (χ0v) is 12.1. The first-order chi connectivity index (χ1) is 9.65. The zero-order valence-electron chi connectivity index (χ0n) is 11.2. The molecular weight excluding hydrogens is 279 g/mol. The molecule has 0 spiro atoms. The maximum absolute atomic E-state index is 13.7. The first-order valence-corrected chi connectivity index (χ1v) is 7.13. The average Bonchev–Trinajstić information content (AvgIpc) is 2.88. The molecule has 7 heteroatoms. The highest BCUT2D eigenvalue weighted by Gasteiger charge is 2.16. The van der Waals surface area contributed by atoms with Crippen LogP contribution < -0.4 is 10.6 Å². The van der Waals surface area contributed by atoms with Crippen molar-refractivity contribution in [3.63, 3.8) is 0 Å². The lowest BCUT2D eigenvalue weighted by atomic mass is 10.1. The van der Waals surface area contributed by atoms with Gasteiger partial charge < -0.3 is 5.32 Å². The standard InChI is InChI=1S/C13H15FN4OS/c1-3-10-17-18-13(20-10)16-12(19)8-6-5-7-9(14)11(8)15-4-2/h5-7,15H,3-4H2,1-2H3,(H,16,18,19). The van der Waals surface area contributed by atoms with E-state index in [2.05, 4.69) is 20.8 Å². The highest BCUT2D eigenvalue weighted by atomic mass is 32.1. The Morgan fingerprint density at radius 2 is 2.15 bits per heavy atom. The first kappa shape index (κ1) is 14.4. The van der Waals surface area contributed by atoms with E-state index in [9.17, 15) is 9.18 Å². The lowest BCUT2D eigenvalue weighted by Gasteiger charge is -2.10. The van der Waals surface area contributed by atoms with Crippen molar-refractivity contribution >= 4 is 28.1 Å². The third-order valence-corrected chi connectivity index (χ3v) is 3.58. The molecule has 0 unspecified atom stereocenters. The maximum atomic E-state index is 13.7. The van der Waals surface area contributed by atoms with E-state index < -0.39 is 11.7 Å². The molecule has 106 valence electrons. The number of amides is 1. The summed E-state index contributed by atoms with van der Waals surface area (Å²) in [4.78, 5) is 12.2. The lowest BCUT2D eigenvalue weighted by molar-refractivity contribution is 0.102. The summed E-state index contributed by atoms with van der Waals surface area (Å²) in [6, 6.07) is 4.38. The number of anilines is 2. The second kappa shape index (κ2) is 6.42. The molecule has 0 fully saturated rings. The Morgan fingerprint density at radius 1 is 1.35 bits per heavy atom. The van der Waals surface area contributed by atoms with Crippen LogP contribution in [0.3, 0.4) is 0 Å². The van der Waals surface area contributed by atoms with Crippen molar-refractivity contribution < 1.29 is 9.18 Å². The molecule has 1 aromatic carbocycles. The minimum absolute atomic E-state index is 0.202. The van der Waals surface area contributed by atoms with Crippen LogP contribution in [-0.2, 0) is 6.42 Å². The maximum Gasteiger partial charge on any atom is 0.259 e. The summed E-state index contributed by atoms with van der Waals surface area (Å²) in [6.07, 6.45) is 0.760. The summed E-state index contributed by atoms with van der Waals surface area (Å²) in [7, 11) is 0. The molecule has 0 saturated carbocycles. The molecule has 0 aliphatic heterocycles. The average molecular weight is 294 g/mol. The van der Waals surface area contributed by atoms with Gasteiger partial charge in [0.05, 0.1) is 11.3 Å². The van der Waals surface area contributed by atoms with Crippen molar-refractivity contribution in [3.05, 3.63) is 34.6 Å². The number of carbonyl (C=O) groups excluding carboxylic acids is 1. The molecule has 0 bridgehead atoms. The topological polar surface area (TPSA) is 66.9 Å². The number of hydrogen-bond acceptors (Lipinski definition) is 5. The molecule has 2 N–H and O–H groups in total. The minimum Gasteiger partial charge on any atom is -0.382 e. The summed E-state index contributed by atoms with van der Waals surface area (Å²) < 4.78 is 13.7. The number of nitrogens with one attached hydrogen (secondary N) is 2. The van der Waals surface area contributed by atoms with E-state index in [1.165, 1.54) is 23.5 Å². The highest BCUT2D eigenvalue weighted by molar-refractivity contribution is 7.15. The van der Waals surface area contributed by atoms with Gasteiger partial charge >= 0.3 is 0 Å². The van der Waals surface area contributed by atoms with Crippen LogP contribution in [0.25, 0.3) is 0 Å². The summed E-state index contributed by atoms with van der Waals surface area (Å²) in [5.74, 6) is -0.856. The number of rotatable bonds is 5. The molecule has 2 aromatic rings. The van der Waals surface area contributed by atoms with Crippen LogP contribution in [0.4, 0.5) is 15.2 Å². The zero-order chi connectivity index (χ0) is 14.5. The molecule has 0 atom stereocenters. The van der Waals surface area contributed by atoms with Gasteiger partial charge in [-0.15, -0.1) is 10.2 Å². The van der Waals surface area contributed by atoms with E-state index >= 15 is 0 Å². The van der Waals surface area contributed by atoms with Gasteiger partial charge in [0.1, 0.15) is 10.8 Å². The van der Waals surface area contributed by atoms with Crippen molar-refractivity contribution in [2.75, 3.05) is 17.2 Å². The quantitative estimate of drug-likeness (QED) is 0.889. The van der Waals surface area contributed by atoms with Gasteiger partial charge in [0.2, 0.25) is 5.13 Å². The molecule has 5 nitrogen and oxygen atoms in total. The number of benzene rings is 1. The molecule has 1 heterocycles. The molecular formula is C13H15FN4OS. The van der Waals surface area contributed by atoms with E-state index in [1.54, 1.807) is 6.07 Å². The van der Waals surface area contributed by atoms with Crippen molar-refractivity contribution in [2.24, 2.45) is 0 Å². The van der Waals surface area contributed by atoms with Crippen LogP contribution in [0.5, 0.6) is 0 Å². The van der Waals surface area contributed by atoms with E-state index in [0.717, 1.165) is 11.4 Å². The van der Waals surface area contributed by atoms with Gasteiger partial charge in [-0.3, -0.25) is 10.1 Å². The molecule has 0 radical (unpaired) electrons. The lowest BCUT2D eigenvalue weighted by Crippen LogP contribution is -2.15. The van der Waals surface area contributed by atoms with Crippen LogP contribution in [0.1, 0.15) is 29.2 Å². The van der Waals surface area contributed by atoms with Gasteiger partial charge in [0, 0.05) is 6.54 Å². The van der Waals surface area contributed by atoms with Crippen molar-refractivity contribution in [3.8, 4) is 0 Å². The van der Waals surface area contributed by atoms with E-state index in [0.29, 0.717) is 11.7 Å². The Labute approximate surface area is 120 Å². The van der Waals surface area contributed by atoms with Gasteiger partial charge in [-0.25, -0.2) is 4.39 Å². The van der Waals surface area contributed by atoms with Gasteiger partial charge in [0.15, 0.2) is 0 Å². The van der Waals surface area contributed by atoms with Crippen LogP contribution in [0.15, 0.2) is 18.2 Å². The number of nitrogens with zero attached hydrogens (tertiary/aromatic N) is 2. The van der Waals surface area contributed by atoms with Gasteiger partial charge in [-0.2, -0.15) is 0 Å². The molecule has 2 rings (SSSR count). The Balaban J connectivity index is 2.22. The second-order valence-corrected chi connectivity index (χ2v) is 5.06. The van der Waals surface area contributed by atoms with Crippen LogP contribution >= 0.6 is 11.3 Å². The predicted octanol–water partition coefficient (Wildman–Crippen LogP) is 2.92. The van der Waals surface area contributed by atoms with Crippen LogP contribution in [0.2, 0.25) is 0 Å². The number of hydrogen-bond donors (Lipinski definition) is 2. The SMILES string of the molecule is CCNc1c(F)cccc1C(=O)Nc1nnc(CC)s1. The van der Waals surface area contributed by atoms with Crippen molar-refractivity contribution in [1.29, 1.82) is 0 Å². The van der Waals surface area contributed by atoms with Gasteiger partial charge in [0.25, 0.3) is 5.91 Å². The highest BCUT2D eigenvalue weighted by Crippen LogP contribution is 2.22. The van der Waals surface area contributed by atoms with Gasteiger partial charge in [-0.1, -0.05) is 24.3 Å². The monoisotopic (exact) mass is 294 g/mol. The van der Waals surface area contributed by atoms with Crippen LogP contribution in [-0.4, -0.2) is 22.6 Å². The summed E-state index contributed by atoms with van der Waals surface area (Å²) in [5.41, 5.74) is 0.452. The second-order valence-electron chi connectivity index (χ2n) is 4.00. The van der Waals surface area contributed by atoms with E-state index in [-0.39, 0.29) is 11.3 Å². The van der Waals surface area contributed by atoms with E-state index in [1.807, 2.05) is 13.8 Å². The van der Waals surface area contributed by atoms with E-state index in [4.69, 9.17) is 0 Å². The molecule has 1 aromatic heterocycles. The number of aromatic nitrogens is 2. The smallest absolute Gasteiger partial charge is 0.259 e. The molecule has 20 heavy (non-hydrogen) atoms. The minimum atomic E-state index is -0.453. The number of halogens is 1. The number of aryl methyl sites for hydroxylation is 1. The largest absolute Gasteiger partial charge is 0.382 e. The van der Waals surface area contributed by atoms with Crippen LogP contribution in [0, 0.1) is 5.82 Å². The molecule has 0 aliphatic carbocycles. The Bertz CT molecular complexity index is 614. The third-order valence-electron chi connectivity index (χ3n) is 2.60. The van der Waals surface area contributed by atoms with Crippen molar-refractivity contribution in [1.82, 2.24) is 10.2 Å². The normalized spacial score (nSPS) is 10.3. The number of para-hydroxylation sites is 1. The number of carbonyl (C=O) groups is 1. The fraction of sp³-hybridized carbons (Fsp3) is 0.308. The summed E-state index contributed by atoms with van der Waals surface area (Å²) in [6.45, 7) is 4.33. The summed E-state index contributed by atoms with van der Waals surface area (Å²) in [5, 5.41) is 14.5. The fourth-order valence-corrected chi connectivity index (χ4v) is 2.36. The molecule has 0 aliphatic rings. The van der Waals surface area contributed by atoms with Crippen molar-refractivity contribution in [2.45, 2.75) is 20.3 Å². The third kappa shape index (κ3) is 3.11. The fourth-order valence-electron chi connectivity index (χ4n) is 1.68. The Hall–Kier alpha value is -2.02. The molecule has 1 amide bonds. The molecule has 0 saturated heterocycles. The Kier molecular flexibility index (Phi) is 4.62. The Morgan fingerprint density at radius 3 is 2.80 bits per heavy atom. The first-order valence-electron chi connectivity index (χ1n) is 6.31. The summed E-state index contributed by atoms with van der Waals surface area (Å²) >= 11 is 1.31. The van der Waals surface area contributed by atoms with Gasteiger partial charge in [-0.05, 0) is 25.5 Å².